The molecule has 0 atom stereocenters. The number of hydrogen-bond acceptors (Lipinski definition) is 3. The van der Waals surface area contributed by atoms with Crippen LogP contribution in [0.15, 0.2) is 47.6 Å². The average Bonchev–Trinajstić information content (AvgIpc) is 2.59. The van der Waals surface area contributed by atoms with E-state index in [1.165, 1.54) is 0 Å². The van der Waals surface area contributed by atoms with Gasteiger partial charge < -0.3 is 5.11 Å². The third-order valence-corrected chi connectivity index (χ3v) is 4.63. The van der Waals surface area contributed by atoms with E-state index in [0.29, 0.717) is 18.6 Å². The van der Waals surface area contributed by atoms with Crippen LogP contribution in [-0.4, -0.2) is 17.2 Å². The summed E-state index contributed by atoms with van der Waals surface area (Å²) in [6, 6.07) is 13.7. The molecule has 2 rings (SSSR count). The number of hydrazone groups is 1. The molecule has 0 unspecified atom stereocenters. The SMILES string of the molecule is CC(C)(C)c1cc(CCC(=O)N/N=C/c2ccccc2)cc(C(C)(C)C)c1O. The first kappa shape index (κ1) is 21.7. The number of hydrogen-bond donors (Lipinski definition) is 2. The number of carbonyl (C=O) groups is 1. The van der Waals surface area contributed by atoms with Crippen molar-refractivity contribution in [1.29, 1.82) is 0 Å². The highest BCUT2D eigenvalue weighted by Gasteiger charge is 2.26. The van der Waals surface area contributed by atoms with Crippen molar-refractivity contribution in [3.05, 3.63) is 64.7 Å². The van der Waals surface area contributed by atoms with Gasteiger partial charge in [0.1, 0.15) is 5.75 Å². The third kappa shape index (κ3) is 5.95. The molecule has 0 saturated carbocycles. The van der Waals surface area contributed by atoms with Crippen LogP contribution in [0, 0.1) is 0 Å². The molecule has 0 aliphatic heterocycles. The molecule has 28 heavy (non-hydrogen) atoms. The summed E-state index contributed by atoms with van der Waals surface area (Å²) in [7, 11) is 0. The molecule has 0 aromatic heterocycles. The Morgan fingerprint density at radius 1 is 1.00 bits per heavy atom. The zero-order valence-corrected chi connectivity index (χ0v) is 17.8. The van der Waals surface area contributed by atoms with Crippen molar-refractivity contribution in [2.75, 3.05) is 0 Å². The van der Waals surface area contributed by atoms with Gasteiger partial charge in [0.2, 0.25) is 5.91 Å². The molecule has 2 aromatic carbocycles. The Kier molecular flexibility index (Phi) is 6.65. The van der Waals surface area contributed by atoms with Crippen molar-refractivity contribution >= 4 is 12.1 Å². The fraction of sp³-hybridized carbons (Fsp3) is 0.417. The van der Waals surface area contributed by atoms with Crippen molar-refractivity contribution in [1.82, 2.24) is 5.43 Å². The highest BCUT2D eigenvalue weighted by atomic mass is 16.3. The maximum atomic E-state index is 12.2. The first-order valence-corrected chi connectivity index (χ1v) is 9.72. The molecule has 0 spiro atoms. The summed E-state index contributed by atoms with van der Waals surface area (Å²) in [6.07, 6.45) is 2.57. The molecule has 4 heteroatoms. The Morgan fingerprint density at radius 3 is 2.04 bits per heavy atom. The summed E-state index contributed by atoms with van der Waals surface area (Å²) in [5.74, 6) is 0.232. The summed E-state index contributed by atoms with van der Waals surface area (Å²) in [5, 5.41) is 14.8. The van der Waals surface area contributed by atoms with Gasteiger partial charge in [-0.3, -0.25) is 4.79 Å². The van der Waals surface area contributed by atoms with Crippen LogP contribution in [0.4, 0.5) is 0 Å². The number of carbonyl (C=O) groups excluding carboxylic acids is 1. The highest BCUT2D eigenvalue weighted by molar-refractivity contribution is 5.82. The summed E-state index contributed by atoms with van der Waals surface area (Å²) in [6.45, 7) is 12.5. The molecule has 2 aromatic rings. The third-order valence-electron chi connectivity index (χ3n) is 4.63. The molecule has 0 heterocycles. The Labute approximate surface area is 168 Å². The van der Waals surface area contributed by atoms with Crippen molar-refractivity contribution in [3.8, 4) is 5.75 Å². The lowest BCUT2D eigenvalue weighted by molar-refractivity contribution is -0.121. The van der Waals surface area contributed by atoms with Gasteiger partial charge in [0.05, 0.1) is 6.21 Å². The maximum absolute atomic E-state index is 12.2. The zero-order valence-electron chi connectivity index (χ0n) is 17.8. The zero-order chi connectivity index (χ0) is 20.9. The maximum Gasteiger partial charge on any atom is 0.240 e. The minimum atomic E-state index is -0.178. The molecule has 0 aliphatic rings. The van der Waals surface area contributed by atoms with E-state index in [1.807, 2.05) is 42.5 Å². The summed E-state index contributed by atoms with van der Waals surface area (Å²) in [4.78, 5) is 12.2. The minimum Gasteiger partial charge on any atom is -0.507 e. The number of nitrogens with one attached hydrogen (secondary N) is 1. The minimum absolute atomic E-state index is 0.130. The first-order chi connectivity index (χ1) is 13.0. The average molecular weight is 381 g/mol. The number of nitrogens with zero attached hydrogens (tertiary/aromatic N) is 1. The van der Waals surface area contributed by atoms with E-state index in [4.69, 9.17) is 0 Å². The van der Waals surface area contributed by atoms with Crippen LogP contribution >= 0.6 is 0 Å². The van der Waals surface area contributed by atoms with E-state index in [1.54, 1.807) is 6.21 Å². The lowest BCUT2D eigenvalue weighted by Crippen LogP contribution is -2.20. The molecule has 0 fully saturated rings. The Balaban J connectivity index is 2.11. The number of aryl methyl sites for hydroxylation is 1. The van der Waals surface area contributed by atoms with Crippen LogP contribution in [0.1, 0.15) is 70.2 Å². The molecule has 4 nitrogen and oxygen atoms in total. The molecular formula is C24H32N2O2. The van der Waals surface area contributed by atoms with Gasteiger partial charge in [-0.1, -0.05) is 84.0 Å². The lowest BCUT2D eigenvalue weighted by atomic mass is 9.78. The van der Waals surface area contributed by atoms with Crippen molar-refractivity contribution in [2.45, 2.75) is 65.2 Å². The van der Waals surface area contributed by atoms with E-state index in [0.717, 1.165) is 22.3 Å². The topological polar surface area (TPSA) is 61.7 Å². The predicted molar refractivity (Wildman–Crippen MR) is 116 cm³/mol. The molecule has 1 amide bonds. The van der Waals surface area contributed by atoms with Gasteiger partial charge >= 0.3 is 0 Å². The molecule has 0 bridgehead atoms. The largest absolute Gasteiger partial charge is 0.507 e. The lowest BCUT2D eigenvalue weighted by Gasteiger charge is -2.28. The molecule has 0 radical (unpaired) electrons. The van der Waals surface area contributed by atoms with E-state index >= 15 is 0 Å². The number of benzene rings is 2. The predicted octanol–water partition coefficient (Wildman–Crippen LogP) is 5.07. The van der Waals surface area contributed by atoms with Gasteiger partial charge in [-0.2, -0.15) is 5.10 Å². The number of amides is 1. The Morgan fingerprint density at radius 2 is 1.54 bits per heavy atom. The van der Waals surface area contributed by atoms with Gasteiger partial charge in [-0.05, 0) is 39.5 Å². The fourth-order valence-corrected chi connectivity index (χ4v) is 3.01. The summed E-state index contributed by atoms with van der Waals surface area (Å²) >= 11 is 0. The van der Waals surface area contributed by atoms with Gasteiger partial charge in [-0.25, -0.2) is 5.43 Å². The number of aromatic hydroxyl groups is 1. The quantitative estimate of drug-likeness (QED) is 0.562. The molecule has 0 saturated heterocycles. The second kappa shape index (κ2) is 8.59. The molecule has 0 aliphatic carbocycles. The summed E-state index contributed by atoms with van der Waals surface area (Å²) in [5.41, 5.74) is 6.04. The fourth-order valence-electron chi connectivity index (χ4n) is 3.01. The van der Waals surface area contributed by atoms with Gasteiger partial charge in [0.25, 0.3) is 0 Å². The van der Waals surface area contributed by atoms with E-state index in [9.17, 15) is 9.90 Å². The van der Waals surface area contributed by atoms with Gasteiger partial charge in [-0.15, -0.1) is 0 Å². The Bertz CT molecular complexity index is 806. The van der Waals surface area contributed by atoms with Gasteiger partial charge in [0, 0.05) is 6.42 Å². The number of phenols is 1. The second-order valence-corrected chi connectivity index (χ2v) is 9.24. The van der Waals surface area contributed by atoms with Crippen LogP contribution in [-0.2, 0) is 22.0 Å². The van der Waals surface area contributed by atoms with Gasteiger partial charge in [0.15, 0.2) is 0 Å². The highest BCUT2D eigenvalue weighted by Crippen LogP contribution is 2.39. The summed E-state index contributed by atoms with van der Waals surface area (Å²) < 4.78 is 0. The van der Waals surface area contributed by atoms with Crippen molar-refractivity contribution < 1.29 is 9.90 Å². The normalized spacial score (nSPS) is 12.4. The first-order valence-electron chi connectivity index (χ1n) is 9.72. The number of rotatable bonds is 5. The van der Waals surface area contributed by atoms with E-state index < -0.39 is 0 Å². The monoisotopic (exact) mass is 380 g/mol. The van der Waals surface area contributed by atoms with Crippen LogP contribution in [0.2, 0.25) is 0 Å². The van der Waals surface area contributed by atoms with Crippen LogP contribution in [0.3, 0.4) is 0 Å². The van der Waals surface area contributed by atoms with E-state index in [-0.39, 0.29) is 16.7 Å². The molecular weight excluding hydrogens is 348 g/mol. The smallest absolute Gasteiger partial charge is 0.240 e. The van der Waals surface area contributed by atoms with Crippen LogP contribution in [0.5, 0.6) is 5.75 Å². The molecule has 150 valence electrons. The van der Waals surface area contributed by atoms with Crippen molar-refractivity contribution in [3.63, 3.8) is 0 Å². The number of phenolic OH excluding ortho intramolecular Hbond substituents is 1. The van der Waals surface area contributed by atoms with E-state index in [2.05, 4.69) is 52.1 Å². The van der Waals surface area contributed by atoms with Crippen molar-refractivity contribution in [2.24, 2.45) is 5.10 Å². The standard InChI is InChI=1S/C24H32N2O2/c1-23(2,3)19-14-18(15-20(22(19)28)24(4,5)6)12-13-21(27)26-25-16-17-10-8-7-9-11-17/h7-11,14-16,28H,12-13H2,1-6H3,(H,26,27)/b25-16+. The Hall–Kier alpha value is -2.62. The molecule has 2 N–H and O–H groups in total. The van der Waals surface area contributed by atoms with Crippen LogP contribution in [0.25, 0.3) is 0 Å². The second-order valence-electron chi connectivity index (χ2n) is 9.24. The van der Waals surface area contributed by atoms with Crippen LogP contribution < -0.4 is 5.43 Å².